The van der Waals surface area contributed by atoms with Crippen molar-refractivity contribution in [3.8, 4) is 0 Å². The van der Waals surface area contributed by atoms with E-state index >= 15 is 0 Å². The summed E-state index contributed by atoms with van der Waals surface area (Å²) in [5, 5.41) is 0. The standard InChI is InChI=1S/C8H12NO2/c1-9-5-2-4(11-9)3-6(9)8-7(5)10-8/h4-8H,2-3H2,1H3/q+1/t4?,5-,6-,7-,8-,9?/m1/s1. The normalized spacial score (nSPS) is 75.5. The zero-order chi connectivity index (χ0) is 7.22. The molecule has 3 nitrogen and oxygen atoms in total. The van der Waals surface area contributed by atoms with Gasteiger partial charge >= 0.3 is 0 Å². The van der Waals surface area contributed by atoms with Crippen LogP contribution in [-0.4, -0.2) is 42.1 Å². The molecule has 4 heterocycles. The Bertz CT molecular complexity index is 224. The lowest BCUT2D eigenvalue weighted by Gasteiger charge is -2.30. The Hall–Kier alpha value is -0.120. The van der Waals surface area contributed by atoms with Gasteiger partial charge in [0.1, 0.15) is 18.3 Å². The van der Waals surface area contributed by atoms with Gasteiger partial charge < -0.3 is 4.74 Å². The maximum Gasteiger partial charge on any atom is 0.151 e. The lowest BCUT2D eigenvalue weighted by atomic mass is 10.0. The monoisotopic (exact) mass is 154 g/mol. The summed E-state index contributed by atoms with van der Waals surface area (Å²) in [4.78, 5) is 5.91. The third-order valence-corrected chi connectivity index (χ3v) is 4.02. The van der Waals surface area contributed by atoms with Gasteiger partial charge in [0.25, 0.3) is 0 Å². The van der Waals surface area contributed by atoms with Crippen molar-refractivity contribution < 1.29 is 14.2 Å². The van der Waals surface area contributed by atoms with Crippen molar-refractivity contribution in [2.75, 3.05) is 7.05 Å². The van der Waals surface area contributed by atoms with Gasteiger partial charge in [0.2, 0.25) is 0 Å². The minimum atomic E-state index is 0.561. The summed E-state index contributed by atoms with van der Waals surface area (Å²) in [5.74, 6) is 0. The molecule has 0 aromatic carbocycles. The highest BCUT2D eigenvalue weighted by atomic mass is 16.8. The fourth-order valence-corrected chi connectivity index (χ4v) is 3.47. The lowest BCUT2D eigenvalue weighted by Crippen LogP contribution is -2.51. The Morgan fingerprint density at radius 3 is 2.27 bits per heavy atom. The summed E-state index contributed by atoms with van der Waals surface area (Å²) in [7, 11) is 2.23. The van der Waals surface area contributed by atoms with Gasteiger partial charge in [-0.2, -0.15) is 9.48 Å². The molecule has 4 saturated heterocycles. The van der Waals surface area contributed by atoms with Crippen LogP contribution >= 0.6 is 0 Å². The molecule has 0 aromatic heterocycles. The highest BCUT2D eigenvalue weighted by Crippen LogP contribution is 2.58. The number of likely N-dealkylation sites (N-methyl/N-ethyl adjacent to an activating group) is 1. The molecule has 0 saturated carbocycles. The summed E-state index contributed by atoms with van der Waals surface area (Å²) in [5.41, 5.74) is 0. The Morgan fingerprint density at radius 2 is 1.82 bits per heavy atom. The van der Waals surface area contributed by atoms with Crippen molar-refractivity contribution in [2.24, 2.45) is 0 Å². The number of hydroxylamine groups is 3. The summed E-state index contributed by atoms with van der Waals surface area (Å²) in [6.45, 7) is 0. The Kier molecular flexibility index (Phi) is 0.631. The van der Waals surface area contributed by atoms with E-state index in [4.69, 9.17) is 9.57 Å². The van der Waals surface area contributed by atoms with Crippen LogP contribution in [0, 0.1) is 0 Å². The SMILES string of the molecule is C[N+]12OC3C[C@@H]1[C@H]1O[C@@H]1[C@H]2C3. The van der Waals surface area contributed by atoms with E-state index in [-0.39, 0.29) is 0 Å². The third-order valence-electron chi connectivity index (χ3n) is 4.02. The van der Waals surface area contributed by atoms with Gasteiger partial charge in [-0.3, -0.25) is 0 Å². The molecule has 0 unspecified atom stereocenters. The van der Waals surface area contributed by atoms with Crippen molar-refractivity contribution in [3.05, 3.63) is 0 Å². The van der Waals surface area contributed by atoms with E-state index in [2.05, 4.69) is 7.05 Å². The Balaban J connectivity index is 1.92. The smallest absolute Gasteiger partial charge is 0.151 e. The molecule has 4 aliphatic rings. The van der Waals surface area contributed by atoms with Gasteiger partial charge in [-0.15, -0.1) is 0 Å². The molecular weight excluding hydrogens is 142 g/mol. The maximum absolute atomic E-state index is 5.91. The van der Waals surface area contributed by atoms with Crippen LogP contribution in [0.4, 0.5) is 0 Å². The van der Waals surface area contributed by atoms with E-state index in [0.29, 0.717) is 30.4 Å². The number of quaternary nitrogens is 1. The Morgan fingerprint density at radius 1 is 1.18 bits per heavy atom. The zero-order valence-electron chi connectivity index (χ0n) is 6.56. The molecule has 0 N–H and O–H groups in total. The molecule has 0 spiro atoms. The Labute approximate surface area is 65.4 Å². The van der Waals surface area contributed by atoms with E-state index in [9.17, 15) is 0 Å². The van der Waals surface area contributed by atoms with Crippen LogP contribution in [-0.2, 0) is 9.57 Å². The van der Waals surface area contributed by atoms with E-state index < -0.39 is 0 Å². The highest BCUT2D eigenvalue weighted by Gasteiger charge is 2.78. The van der Waals surface area contributed by atoms with Crippen LogP contribution in [0.15, 0.2) is 0 Å². The number of fused-ring (bicyclic) bond motifs is 4. The maximum atomic E-state index is 5.91. The average molecular weight is 154 g/mol. The van der Waals surface area contributed by atoms with E-state index in [0.717, 1.165) is 4.65 Å². The second kappa shape index (κ2) is 1.26. The largest absolute Gasteiger partial charge is 0.356 e. The zero-order valence-corrected chi connectivity index (χ0v) is 6.56. The number of rotatable bonds is 0. The average Bonchev–Trinajstić information content (AvgIpc) is 2.52. The second-order valence-electron chi connectivity index (χ2n) is 4.46. The molecule has 0 radical (unpaired) electrons. The van der Waals surface area contributed by atoms with Crippen molar-refractivity contribution in [1.29, 1.82) is 0 Å². The minimum absolute atomic E-state index is 0.561. The number of hydrogen-bond donors (Lipinski definition) is 0. The number of nitrogens with zero attached hydrogens (tertiary/aromatic N) is 1. The molecular formula is C8H12NO2+. The van der Waals surface area contributed by atoms with Crippen LogP contribution in [0.1, 0.15) is 12.8 Å². The molecule has 0 amide bonds. The molecule has 4 atom stereocenters. The molecule has 0 aromatic rings. The topological polar surface area (TPSA) is 21.8 Å². The van der Waals surface area contributed by atoms with E-state index in [1.54, 1.807) is 0 Å². The number of piperidine rings is 1. The second-order valence-corrected chi connectivity index (χ2v) is 4.46. The first-order valence-corrected chi connectivity index (χ1v) is 4.49. The number of morpholine rings is 1. The quantitative estimate of drug-likeness (QED) is 0.363. The fraction of sp³-hybridized carbons (Fsp3) is 1.00. The first-order chi connectivity index (χ1) is 5.29. The predicted molar refractivity (Wildman–Crippen MR) is 36.5 cm³/mol. The molecule has 3 heteroatoms. The number of ether oxygens (including phenoxy) is 1. The summed E-state index contributed by atoms with van der Waals surface area (Å²) in [6, 6.07) is 1.37. The van der Waals surface area contributed by atoms with Crippen molar-refractivity contribution in [3.63, 3.8) is 0 Å². The molecule has 4 aliphatic heterocycles. The van der Waals surface area contributed by atoms with Crippen LogP contribution in [0.25, 0.3) is 0 Å². The molecule has 4 fully saturated rings. The van der Waals surface area contributed by atoms with E-state index in [1.807, 2.05) is 0 Å². The van der Waals surface area contributed by atoms with Gasteiger partial charge in [-0.25, -0.2) is 0 Å². The van der Waals surface area contributed by atoms with Crippen LogP contribution in [0.2, 0.25) is 0 Å². The summed E-state index contributed by atoms with van der Waals surface area (Å²) in [6.07, 6.45) is 4.18. The number of hydrogen-bond acceptors (Lipinski definition) is 2. The molecule has 11 heavy (non-hydrogen) atoms. The first kappa shape index (κ1) is 5.51. The van der Waals surface area contributed by atoms with Gasteiger partial charge in [-0.05, 0) is 0 Å². The van der Waals surface area contributed by atoms with Gasteiger partial charge in [0.05, 0.1) is 7.05 Å². The first-order valence-electron chi connectivity index (χ1n) is 4.49. The molecule has 2 bridgehead atoms. The fourth-order valence-electron chi connectivity index (χ4n) is 3.47. The van der Waals surface area contributed by atoms with Gasteiger partial charge in [-0.1, -0.05) is 0 Å². The lowest BCUT2D eigenvalue weighted by molar-refractivity contribution is -1.09. The van der Waals surface area contributed by atoms with Gasteiger partial charge in [0, 0.05) is 12.8 Å². The van der Waals surface area contributed by atoms with Crippen LogP contribution < -0.4 is 0 Å². The van der Waals surface area contributed by atoms with E-state index in [1.165, 1.54) is 12.8 Å². The predicted octanol–water partition coefficient (Wildman–Crippen LogP) is 0.0588. The van der Waals surface area contributed by atoms with Crippen molar-refractivity contribution in [2.45, 2.75) is 43.2 Å². The minimum Gasteiger partial charge on any atom is -0.356 e. The third kappa shape index (κ3) is 0.406. The summed E-state index contributed by atoms with van der Waals surface area (Å²) >= 11 is 0. The number of epoxide rings is 1. The molecule has 60 valence electrons. The molecule has 0 aliphatic carbocycles. The van der Waals surface area contributed by atoms with Crippen molar-refractivity contribution in [1.82, 2.24) is 0 Å². The van der Waals surface area contributed by atoms with Crippen molar-refractivity contribution >= 4 is 0 Å². The van der Waals surface area contributed by atoms with Gasteiger partial charge in [0.15, 0.2) is 12.1 Å². The highest BCUT2D eigenvalue weighted by molar-refractivity contribution is 5.09. The van der Waals surface area contributed by atoms with Crippen LogP contribution in [0.3, 0.4) is 0 Å². The van der Waals surface area contributed by atoms with Crippen LogP contribution in [0.5, 0.6) is 0 Å². The summed E-state index contributed by atoms with van der Waals surface area (Å²) < 4.78 is 6.48. The molecule has 4 rings (SSSR count).